The molecular formula is C13H19N3O4. The highest BCUT2D eigenvalue weighted by molar-refractivity contribution is 5.91. The zero-order valence-corrected chi connectivity index (χ0v) is 11.9. The molecule has 1 atom stereocenters. The summed E-state index contributed by atoms with van der Waals surface area (Å²) in [5, 5.41) is 2.75. The minimum absolute atomic E-state index is 0.126. The van der Waals surface area contributed by atoms with Crippen molar-refractivity contribution < 1.29 is 18.7 Å². The van der Waals surface area contributed by atoms with Crippen LogP contribution in [-0.4, -0.2) is 40.2 Å². The van der Waals surface area contributed by atoms with Gasteiger partial charge in [-0.1, -0.05) is 0 Å². The third-order valence-electron chi connectivity index (χ3n) is 2.83. The molecule has 0 saturated carbocycles. The van der Waals surface area contributed by atoms with E-state index in [0.29, 0.717) is 13.0 Å². The molecule has 1 saturated heterocycles. The molecule has 110 valence electrons. The van der Waals surface area contributed by atoms with Gasteiger partial charge >= 0.3 is 6.09 Å². The molecule has 1 aromatic rings. The van der Waals surface area contributed by atoms with Gasteiger partial charge < -0.3 is 14.5 Å². The van der Waals surface area contributed by atoms with Crippen LogP contribution in [0.25, 0.3) is 0 Å². The van der Waals surface area contributed by atoms with Crippen LogP contribution in [0.3, 0.4) is 0 Å². The lowest BCUT2D eigenvalue weighted by Gasteiger charge is -2.28. The molecule has 2 rings (SSSR count). The van der Waals surface area contributed by atoms with Gasteiger partial charge in [0.15, 0.2) is 6.39 Å². The summed E-state index contributed by atoms with van der Waals surface area (Å²) in [7, 11) is 0. The van der Waals surface area contributed by atoms with Crippen LogP contribution >= 0.6 is 0 Å². The first-order valence-electron chi connectivity index (χ1n) is 6.56. The van der Waals surface area contributed by atoms with Crippen LogP contribution < -0.4 is 5.32 Å². The molecule has 20 heavy (non-hydrogen) atoms. The van der Waals surface area contributed by atoms with Gasteiger partial charge in [-0.2, -0.15) is 0 Å². The van der Waals surface area contributed by atoms with Crippen molar-refractivity contribution in [1.82, 2.24) is 15.2 Å². The van der Waals surface area contributed by atoms with Gasteiger partial charge in [0.1, 0.15) is 11.8 Å². The second kappa shape index (κ2) is 5.52. The molecule has 0 aromatic carbocycles. The number of aromatic nitrogens is 1. The second-order valence-electron chi connectivity index (χ2n) is 5.67. The van der Waals surface area contributed by atoms with Crippen molar-refractivity contribution in [2.45, 2.75) is 45.4 Å². The van der Waals surface area contributed by atoms with E-state index in [2.05, 4.69) is 10.3 Å². The molecule has 2 amide bonds. The smallest absolute Gasteiger partial charge is 0.411 e. The average molecular weight is 281 g/mol. The number of oxazole rings is 1. The van der Waals surface area contributed by atoms with E-state index in [1.165, 1.54) is 17.5 Å². The topological polar surface area (TPSA) is 84.7 Å². The van der Waals surface area contributed by atoms with Crippen molar-refractivity contribution in [3.05, 3.63) is 18.4 Å². The SMILES string of the molecule is CC(C)(C)OC(=O)N1CCCC1NC(=O)c1cnco1. The van der Waals surface area contributed by atoms with E-state index in [1.54, 1.807) is 0 Å². The largest absolute Gasteiger partial charge is 0.444 e. The fraction of sp³-hybridized carbons (Fsp3) is 0.615. The van der Waals surface area contributed by atoms with Crippen molar-refractivity contribution in [3.63, 3.8) is 0 Å². The van der Waals surface area contributed by atoms with Crippen LogP contribution in [0, 0.1) is 0 Å². The zero-order chi connectivity index (χ0) is 14.8. The zero-order valence-electron chi connectivity index (χ0n) is 11.9. The first kappa shape index (κ1) is 14.4. The molecule has 2 heterocycles. The molecule has 0 bridgehead atoms. The van der Waals surface area contributed by atoms with E-state index >= 15 is 0 Å². The summed E-state index contributed by atoms with van der Waals surface area (Å²) in [5.41, 5.74) is -0.556. The minimum atomic E-state index is -0.556. The van der Waals surface area contributed by atoms with Gasteiger partial charge in [-0.15, -0.1) is 0 Å². The Labute approximate surface area is 117 Å². The highest BCUT2D eigenvalue weighted by atomic mass is 16.6. The molecule has 7 nitrogen and oxygen atoms in total. The van der Waals surface area contributed by atoms with E-state index in [-0.39, 0.29) is 17.8 Å². The molecular weight excluding hydrogens is 262 g/mol. The number of likely N-dealkylation sites (tertiary alicyclic amines) is 1. The molecule has 0 spiro atoms. The van der Waals surface area contributed by atoms with Crippen LogP contribution in [0.15, 0.2) is 17.0 Å². The predicted molar refractivity (Wildman–Crippen MR) is 69.9 cm³/mol. The van der Waals surface area contributed by atoms with Crippen molar-refractivity contribution in [3.8, 4) is 0 Å². The lowest BCUT2D eigenvalue weighted by Crippen LogP contribution is -2.48. The summed E-state index contributed by atoms with van der Waals surface area (Å²) in [5.74, 6) is -0.260. The number of nitrogens with zero attached hydrogens (tertiary/aromatic N) is 2. The molecule has 7 heteroatoms. The van der Waals surface area contributed by atoms with E-state index in [1.807, 2.05) is 20.8 Å². The molecule has 1 N–H and O–H groups in total. The number of nitrogens with one attached hydrogen (secondary N) is 1. The van der Waals surface area contributed by atoms with Gasteiger partial charge in [-0.3, -0.25) is 9.69 Å². The third-order valence-corrected chi connectivity index (χ3v) is 2.83. The van der Waals surface area contributed by atoms with E-state index in [0.717, 1.165) is 6.42 Å². The van der Waals surface area contributed by atoms with Gasteiger partial charge in [0, 0.05) is 6.54 Å². The molecule has 0 aliphatic carbocycles. The molecule has 1 unspecified atom stereocenters. The summed E-state index contributed by atoms with van der Waals surface area (Å²) >= 11 is 0. The Balaban J connectivity index is 1.97. The Morgan fingerprint density at radius 2 is 2.25 bits per heavy atom. The fourth-order valence-electron chi connectivity index (χ4n) is 2.01. The maximum Gasteiger partial charge on any atom is 0.411 e. The van der Waals surface area contributed by atoms with Crippen molar-refractivity contribution in [1.29, 1.82) is 0 Å². The van der Waals surface area contributed by atoms with Crippen molar-refractivity contribution >= 4 is 12.0 Å². The highest BCUT2D eigenvalue weighted by Crippen LogP contribution is 2.19. The number of hydrogen-bond donors (Lipinski definition) is 1. The maximum absolute atomic E-state index is 12.1. The van der Waals surface area contributed by atoms with Crippen LogP contribution in [0.4, 0.5) is 4.79 Å². The molecule has 0 radical (unpaired) electrons. The number of ether oxygens (including phenoxy) is 1. The van der Waals surface area contributed by atoms with Crippen LogP contribution in [0.1, 0.15) is 44.2 Å². The molecule has 1 aliphatic rings. The number of amides is 2. The average Bonchev–Trinajstić information content (AvgIpc) is 2.96. The fourth-order valence-corrected chi connectivity index (χ4v) is 2.01. The van der Waals surface area contributed by atoms with Gasteiger partial charge in [-0.25, -0.2) is 9.78 Å². The van der Waals surface area contributed by atoms with Crippen LogP contribution in [0.2, 0.25) is 0 Å². The van der Waals surface area contributed by atoms with Gasteiger partial charge in [0.2, 0.25) is 5.76 Å². The Hall–Kier alpha value is -2.05. The molecule has 1 aliphatic heterocycles. The van der Waals surface area contributed by atoms with E-state index in [9.17, 15) is 9.59 Å². The van der Waals surface area contributed by atoms with Crippen LogP contribution in [0.5, 0.6) is 0 Å². The summed E-state index contributed by atoms with van der Waals surface area (Å²) < 4.78 is 10.2. The first-order chi connectivity index (χ1) is 9.37. The van der Waals surface area contributed by atoms with Crippen molar-refractivity contribution in [2.75, 3.05) is 6.54 Å². The monoisotopic (exact) mass is 281 g/mol. The third kappa shape index (κ3) is 3.49. The molecule has 1 fully saturated rings. The number of hydrogen-bond acceptors (Lipinski definition) is 5. The standard InChI is InChI=1S/C13H19N3O4/c1-13(2,3)20-12(18)16-6-4-5-10(16)15-11(17)9-7-14-8-19-9/h7-8,10H,4-6H2,1-3H3,(H,15,17). The summed E-state index contributed by atoms with van der Waals surface area (Å²) in [4.78, 5) is 29.2. The number of rotatable bonds is 2. The Kier molecular flexibility index (Phi) is 3.96. The Morgan fingerprint density at radius 1 is 1.50 bits per heavy atom. The predicted octanol–water partition coefficient (Wildman–Crippen LogP) is 1.76. The highest BCUT2D eigenvalue weighted by Gasteiger charge is 2.33. The van der Waals surface area contributed by atoms with E-state index in [4.69, 9.17) is 9.15 Å². The summed E-state index contributed by atoms with van der Waals surface area (Å²) in [6.45, 7) is 5.99. The van der Waals surface area contributed by atoms with Crippen molar-refractivity contribution in [2.24, 2.45) is 0 Å². The first-order valence-corrected chi connectivity index (χ1v) is 6.56. The normalized spacial score (nSPS) is 18.9. The van der Waals surface area contributed by atoms with E-state index < -0.39 is 11.7 Å². The van der Waals surface area contributed by atoms with Gasteiger partial charge in [0.05, 0.1) is 6.20 Å². The minimum Gasteiger partial charge on any atom is -0.444 e. The quantitative estimate of drug-likeness (QED) is 0.892. The van der Waals surface area contributed by atoms with Gasteiger partial charge in [0.25, 0.3) is 5.91 Å². The number of carbonyl (C=O) groups excluding carboxylic acids is 2. The lowest BCUT2D eigenvalue weighted by atomic mass is 10.2. The second-order valence-corrected chi connectivity index (χ2v) is 5.67. The summed E-state index contributed by atoms with van der Waals surface area (Å²) in [6.07, 6.45) is 3.25. The Morgan fingerprint density at radius 3 is 2.85 bits per heavy atom. The maximum atomic E-state index is 12.1. The summed E-state index contributed by atoms with van der Waals surface area (Å²) in [6, 6.07) is 0. The van der Waals surface area contributed by atoms with Gasteiger partial charge in [-0.05, 0) is 33.6 Å². The lowest BCUT2D eigenvalue weighted by molar-refractivity contribution is 0.0201. The van der Waals surface area contributed by atoms with Crippen LogP contribution in [-0.2, 0) is 4.74 Å². The number of carbonyl (C=O) groups is 2. The Bertz CT molecular complexity index is 478. The molecule has 1 aromatic heterocycles.